The summed E-state index contributed by atoms with van der Waals surface area (Å²) in [5.41, 5.74) is 7.28. The van der Waals surface area contributed by atoms with Gasteiger partial charge in [-0.05, 0) is 36.4 Å². The maximum Gasteiger partial charge on any atom is 0.323 e. The third kappa shape index (κ3) is 3.93. The van der Waals surface area contributed by atoms with Crippen LogP contribution in [0.25, 0.3) is 0 Å². The number of nitrogen functional groups attached to an aromatic ring is 1. The summed E-state index contributed by atoms with van der Waals surface area (Å²) in [6.45, 7) is 0. The number of amides is 2. The monoisotopic (exact) mass is 325 g/mol. The van der Waals surface area contributed by atoms with Gasteiger partial charge in [0.15, 0.2) is 0 Å². The molecule has 0 radical (unpaired) electrons. The standard InChI is InChI=1S/C14H13Cl2N3O2/c1-21-13-5-3-9(7-12(13)17)19-14(20)18-8-2-4-10(15)11(16)6-8/h2-7H,17H2,1H3,(H2,18,19,20). The molecule has 0 spiro atoms. The molecule has 0 saturated heterocycles. The largest absolute Gasteiger partial charge is 0.495 e. The lowest BCUT2D eigenvalue weighted by Gasteiger charge is -2.10. The number of ether oxygens (including phenoxy) is 1. The second-order valence-electron chi connectivity index (χ2n) is 4.16. The molecule has 2 rings (SSSR count). The van der Waals surface area contributed by atoms with Crippen molar-refractivity contribution in [2.45, 2.75) is 0 Å². The highest BCUT2D eigenvalue weighted by atomic mass is 35.5. The predicted octanol–water partition coefficient (Wildman–Crippen LogP) is 4.23. The van der Waals surface area contributed by atoms with Crippen LogP contribution in [0, 0.1) is 0 Å². The molecule has 110 valence electrons. The minimum atomic E-state index is -0.419. The Morgan fingerprint density at radius 2 is 1.67 bits per heavy atom. The highest BCUT2D eigenvalue weighted by molar-refractivity contribution is 6.42. The lowest BCUT2D eigenvalue weighted by Crippen LogP contribution is -2.19. The molecule has 0 saturated carbocycles. The summed E-state index contributed by atoms with van der Waals surface area (Å²) in [5, 5.41) is 6.08. The number of benzene rings is 2. The fraction of sp³-hybridized carbons (Fsp3) is 0.0714. The Kier molecular flexibility index (Phi) is 4.77. The van der Waals surface area contributed by atoms with Gasteiger partial charge in [-0.15, -0.1) is 0 Å². The third-order valence-corrected chi connectivity index (χ3v) is 3.40. The van der Waals surface area contributed by atoms with Crippen LogP contribution >= 0.6 is 23.2 Å². The van der Waals surface area contributed by atoms with E-state index >= 15 is 0 Å². The van der Waals surface area contributed by atoms with Crippen LogP contribution in [-0.2, 0) is 0 Å². The summed E-state index contributed by atoms with van der Waals surface area (Å²) < 4.78 is 5.04. The number of nitrogens with one attached hydrogen (secondary N) is 2. The number of methoxy groups -OCH3 is 1. The van der Waals surface area contributed by atoms with E-state index in [0.29, 0.717) is 32.9 Å². The van der Waals surface area contributed by atoms with Gasteiger partial charge in [0.1, 0.15) is 5.75 Å². The maximum atomic E-state index is 11.9. The molecule has 0 unspecified atom stereocenters. The summed E-state index contributed by atoms with van der Waals surface area (Å²) in [4.78, 5) is 11.9. The van der Waals surface area contributed by atoms with E-state index in [2.05, 4.69) is 10.6 Å². The number of nitrogens with two attached hydrogens (primary N) is 1. The van der Waals surface area contributed by atoms with Crippen LogP contribution in [-0.4, -0.2) is 13.1 Å². The highest BCUT2D eigenvalue weighted by Crippen LogP contribution is 2.26. The third-order valence-electron chi connectivity index (χ3n) is 2.67. The van der Waals surface area contributed by atoms with Gasteiger partial charge in [-0.25, -0.2) is 4.79 Å². The zero-order valence-corrected chi connectivity index (χ0v) is 12.6. The van der Waals surface area contributed by atoms with Crippen LogP contribution in [0.15, 0.2) is 36.4 Å². The zero-order valence-electron chi connectivity index (χ0n) is 11.1. The summed E-state index contributed by atoms with van der Waals surface area (Å²) in [7, 11) is 1.52. The molecule has 5 nitrogen and oxygen atoms in total. The topological polar surface area (TPSA) is 76.4 Å². The van der Waals surface area contributed by atoms with Crippen molar-refractivity contribution in [2.24, 2.45) is 0 Å². The van der Waals surface area contributed by atoms with Gasteiger partial charge in [-0.1, -0.05) is 23.2 Å². The first kappa shape index (κ1) is 15.3. The van der Waals surface area contributed by atoms with Gasteiger partial charge in [0.2, 0.25) is 0 Å². The van der Waals surface area contributed by atoms with Crippen molar-refractivity contribution in [2.75, 3.05) is 23.5 Å². The SMILES string of the molecule is COc1ccc(NC(=O)Nc2ccc(Cl)c(Cl)c2)cc1N. The van der Waals surface area contributed by atoms with E-state index in [0.717, 1.165) is 0 Å². The molecule has 2 aromatic rings. The van der Waals surface area contributed by atoms with Gasteiger partial charge in [0.05, 0.1) is 22.8 Å². The number of anilines is 3. The van der Waals surface area contributed by atoms with Crippen molar-refractivity contribution in [3.8, 4) is 5.75 Å². The van der Waals surface area contributed by atoms with Crippen molar-refractivity contribution < 1.29 is 9.53 Å². The quantitative estimate of drug-likeness (QED) is 0.739. The molecular formula is C14H13Cl2N3O2. The molecule has 0 fully saturated rings. The lowest BCUT2D eigenvalue weighted by molar-refractivity contribution is 0.262. The molecule has 0 heterocycles. The molecule has 2 aromatic carbocycles. The van der Waals surface area contributed by atoms with Crippen molar-refractivity contribution >= 4 is 46.3 Å². The Bertz CT molecular complexity index is 677. The first-order valence-corrected chi connectivity index (χ1v) is 6.72. The van der Waals surface area contributed by atoms with Gasteiger partial charge in [-0.3, -0.25) is 0 Å². The minimum absolute atomic E-state index is 0.364. The normalized spacial score (nSPS) is 10.0. The number of carbonyl (C=O) groups excluding carboxylic acids is 1. The van der Waals surface area contributed by atoms with E-state index in [1.54, 1.807) is 36.4 Å². The molecule has 0 aromatic heterocycles. The Morgan fingerprint density at radius 1 is 1.05 bits per heavy atom. The Balaban J connectivity index is 2.04. The number of urea groups is 1. The molecule has 0 atom stereocenters. The fourth-order valence-corrected chi connectivity index (χ4v) is 1.98. The minimum Gasteiger partial charge on any atom is -0.495 e. The number of carbonyl (C=O) groups is 1. The van der Waals surface area contributed by atoms with Crippen molar-refractivity contribution in [3.63, 3.8) is 0 Å². The molecule has 0 bridgehead atoms. The average molecular weight is 326 g/mol. The summed E-state index contributed by atoms with van der Waals surface area (Å²) in [6, 6.07) is 9.35. The molecule has 21 heavy (non-hydrogen) atoms. The summed E-state index contributed by atoms with van der Waals surface area (Å²) in [5.74, 6) is 0.547. The highest BCUT2D eigenvalue weighted by Gasteiger charge is 2.06. The van der Waals surface area contributed by atoms with E-state index in [1.807, 2.05) is 0 Å². The van der Waals surface area contributed by atoms with Crippen LogP contribution in [0.3, 0.4) is 0 Å². The first-order valence-electron chi connectivity index (χ1n) is 5.96. The van der Waals surface area contributed by atoms with Crippen LogP contribution in [0.1, 0.15) is 0 Å². The maximum absolute atomic E-state index is 11.9. The summed E-state index contributed by atoms with van der Waals surface area (Å²) in [6.07, 6.45) is 0. The van der Waals surface area contributed by atoms with Crippen molar-refractivity contribution in [1.82, 2.24) is 0 Å². The summed E-state index contributed by atoms with van der Waals surface area (Å²) >= 11 is 11.7. The fourth-order valence-electron chi connectivity index (χ4n) is 1.68. The Labute approximate surface area is 132 Å². The van der Waals surface area contributed by atoms with E-state index in [9.17, 15) is 4.79 Å². The van der Waals surface area contributed by atoms with Crippen molar-refractivity contribution in [3.05, 3.63) is 46.4 Å². The average Bonchev–Trinajstić information content (AvgIpc) is 2.43. The molecule has 2 amide bonds. The van der Waals surface area contributed by atoms with Crippen LogP contribution in [0.2, 0.25) is 10.0 Å². The number of halogens is 2. The molecular weight excluding hydrogens is 313 g/mol. The van der Waals surface area contributed by atoms with Gasteiger partial charge in [0, 0.05) is 11.4 Å². The number of hydrogen-bond acceptors (Lipinski definition) is 3. The molecule has 0 aliphatic carbocycles. The molecule has 0 aliphatic heterocycles. The Morgan fingerprint density at radius 3 is 2.24 bits per heavy atom. The Hall–Kier alpha value is -2.11. The van der Waals surface area contributed by atoms with Gasteiger partial charge in [-0.2, -0.15) is 0 Å². The lowest BCUT2D eigenvalue weighted by atomic mass is 10.2. The van der Waals surface area contributed by atoms with Crippen LogP contribution < -0.4 is 21.1 Å². The predicted molar refractivity (Wildman–Crippen MR) is 86.5 cm³/mol. The van der Waals surface area contributed by atoms with Gasteiger partial charge < -0.3 is 21.1 Å². The smallest absolute Gasteiger partial charge is 0.323 e. The first-order chi connectivity index (χ1) is 9.99. The second-order valence-corrected chi connectivity index (χ2v) is 4.98. The van der Waals surface area contributed by atoms with Gasteiger partial charge >= 0.3 is 6.03 Å². The van der Waals surface area contributed by atoms with Crippen molar-refractivity contribution in [1.29, 1.82) is 0 Å². The second kappa shape index (κ2) is 6.56. The van der Waals surface area contributed by atoms with E-state index in [4.69, 9.17) is 33.7 Å². The van der Waals surface area contributed by atoms with Crippen LogP contribution in [0.4, 0.5) is 21.9 Å². The van der Waals surface area contributed by atoms with E-state index in [-0.39, 0.29) is 0 Å². The van der Waals surface area contributed by atoms with Crippen LogP contribution in [0.5, 0.6) is 5.75 Å². The number of rotatable bonds is 3. The number of hydrogen-bond donors (Lipinski definition) is 3. The molecule has 0 aliphatic rings. The zero-order chi connectivity index (χ0) is 15.4. The molecule has 4 N–H and O–H groups in total. The molecule has 7 heteroatoms. The van der Waals surface area contributed by atoms with Gasteiger partial charge in [0.25, 0.3) is 0 Å². The van der Waals surface area contributed by atoms with E-state index in [1.165, 1.54) is 7.11 Å². The van der Waals surface area contributed by atoms with E-state index < -0.39 is 6.03 Å².